The van der Waals surface area contributed by atoms with Crippen LogP contribution in [0.15, 0.2) is 138 Å². The maximum Gasteiger partial charge on any atom is 0.131 e. The van der Waals surface area contributed by atoms with Crippen LogP contribution in [0, 0.1) is 6.92 Å². The average Bonchev–Trinajstić information content (AvgIpc) is 3.05. The fourth-order valence-electron chi connectivity index (χ4n) is 4.78. The van der Waals surface area contributed by atoms with Gasteiger partial charge in [0.2, 0.25) is 0 Å². The number of azo groups is 1. The van der Waals surface area contributed by atoms with Crippen molar-refractivity contribution in [3.05, 3.63) is 139 Å². The summed E-state index contributed by atoms with van der Waals surface area (Å²) in [5.74, 6) is 0.845. The molecule has 0 saturated heterocycles. The van der Waals surface area contributed by atoms with Crippen molar-refractivity contribution in [2.45, 2.75) is 13.5 Å². The number of ether oxygens (including phenoxy) is 1. The van der Waals surface area contributed by atoms with Crippen molar-refractivity contribution in [1.29, 1.82) is 0 Å². The summed E-state index contributed by atoms with van der Waals surface area (Å²) < 4.78 is 6.10. The van der Waals surface area contributed by atoms with Crippen LogP contribution < -0.4 is 4.74 Å². The molecule has 0 aliphatic rings. The van der Waals surface area contributed by atoms with E-state index in [0.29, 0.717) is 40.4 Å². The Hall–Kier alpha value is -5.82. The molecule has 0 atom stereocenters. The third-order valence-corrected chi connectivity index (χ3v) is 7.03. The van der Waals surface area contributed by atoms with Crippen LogP contribution in [0.4, 0.5) is 11.4 Å². The molecule has 4 aromatic carbocycles. The number of aromatic hydroxyl groups is 2. The number of hydrogen-bond donors (Lipinski definition) is 2. The van der Waals surface area contributed by atoms with Crippen molar-refractivity contribution in [2.24, 2.45) is 10.2 Å². The van der Waals surface area contributed by atoms with Crippen LogP contribution in [0.25, 0.3) is 33.6 Å². The van der Waals surface area contributed by atoms with Gasteiger partial charge in [0.1, 0.15) is 23.9 Å². The van der Waals surface area contributed by atoms with Crippen LogP contribution in [0.2, 0.25) is 0 Å². The summed E-state index contributed by atoms with van der Waals surface area (Å²) in [5, 5.41) is 30.5. The zero-order valence-electron chi connectivity index (χ0n) is 23.4. The number of pyridine rings is 2. The monoisotopic (exact) mass is 564 g/mol. The fourth-order valence-corrected chi connectivity index (χ4v) is 4.78. The molecule has 0 aliphatic carbocycles. The molecule has 7 heteroatoms. The molecule has 0 radical (unpaired) electrons. The smallest absolute Gasteiger partial charge is 0.131 e. The van der Waals surface area contributed by atoms with Gasteiger partial charge in [0.15, 0.2) is 0 Å². The van der Waals surface area contributed by atoms with Gasteiger partial charge >= 0.3 is 0 Å². The number of nitrogens with zero attached hydrogens (tertiary/aromatic N) is 4. The van der Waals surface area contributed by atoms with E-state index in [9.17, 15) is 10.2 Å². The van der Waals surface area contributed by atoms with Crippen molar-refractivity contribution < 1.29 is 14.9 Å². The third-order valence-electron chi connectivity index (χ3n) is 7.03. The molecule has 0 saturated carbocycles. The highest BCUT2D eigenvalue weighted by Crippen LogP contribution is 2.42. The Bertz CT molecular complexity index is 1920. The van der Waals surface area contributed by atoms with Crippen molar-refractivity contribution >= 4 is 11.4 Å². The molecule has 2 heterocycles. The summed E-state index contributed by atoms with van der Waals surface area (Å²) in [6, 6.07) is 35.2. The number of rotatable bonds is 8. The van der Waals surface area contributed by atoms with Crippen LogP contribution in [0.1, 0.15) is 11.1 Å². The van der Waals surface area contributed by atoms with Crippen LogP contribution in [0.5, 0.6) is 17.2 Å². The summed E-state index contributed by atoms with van der Waals surface area (Å²) in [6.07, 6.45) is 3.49. The fraction of sp³-hybridized carbons (Fsp3) is 0.0556. The second kappa shape index (κ2) is 12.4. The molecular formula is C36H28N4O3. The number of aromatic nitrogens is 2. The van der Waals surface area contributed by atoms with Crippen LogP contribution in [0.3, 0.4) is 0 Å². The summed E-state index contributed by atoms with van der Waals surface area (Å²) in [6.45, 7) is 2.29. The first-order valence-corrected chi connectivity index (χ1v) is 13.8. The Morgan fingerprint density at radius 2 is 1.47 bits per heavy atom. The number of para-hydroxylation sites is 2. The third kappa shape index (κ3) is 6.11. The number of hydrogen-bond acceptors (Lipinski definition) is 7. The van der Waals surface area contributed by atoms with Gasteiger partial charge in [-0.2, -0.15) is 10.2 Å². The van der Waals surface area contributed by atoms with E-state index >= 15 is 0 Å². The maximum absolute atomic E-state index is 11.1. The molecule has 0 unspecified atom stereocenters. The van der Waals surface area contributed by atoms with Crippen LogP contribution in [-0.2, 0) is 6.61 Å². The van der Waals surface area contributed by atoms with E-state index in [1.165, 1.54) is 0 Å². The number of aryl methyl sites for hydroxylation is 1. The van der Waals surface area contributed by atoms with Gasteiger partial charge in [0, 0.05) is 40.7 Å². The standard InChI is InChI=1S/C36H28N4O3/c1-24-17-18-25(29-13-7-14-31(36(29)42)30-12-2-3-16-34(30)41)21-33(24)40-39-27-10-6-11-28(22-27)43-23-26-9-8-20-38-35(26)32-15-4-5-19-37-32/h2-22,41-42H,23H2,1H3. The Morgan fingerprint density at radius 3 is 2.33 bits per heavy atom. The molecule has 43 heavy (non-hydrogen) atoms. The molecule has 7 nitrogen and oxygen atoms in total. The zero-order chi connectivity index (χ0) is 29.6. The Kier molecular flexibility index (Phi) is 7.87. The number of phenols is 2. The van der Waals surface area contributed by atoms with Gasteiger partial charge in [-0.05, 0) is 60.5 Å². The van der Waals surface area contributed by atoms with Crippen molar-refractivity contribution in [1.82, 2.24) is 9.97 Å². The van der Waals surface area contributed by atoms with Crippen LogP contribution >= 0.6 is 0 Å². The van der Waals surface area contributed by atoms with Crippen molar-refractivity contribution in [2.75, 3.05) is 0 Å². The van der Waals surface area contributed by atoms with Gasteiger partial charge in [-0.3, -0.25) is 9.97 Å². The molecule has 210 valence electrons. The molecule has 0 aliphatic heterocycles. The minimum absolute atomic E-state index is 0.0837. The predicted octanol–water partition coefficient (Wildman–Crippen LogP) is 9.19. The quantitative estimate of drug-likeness (QED) is 0.180. The molecule has 2 N–H and O–H groups in total. The molecule has 6 aromatic rings. The van der Waals surface area contributed by atoms with Gasteiger partial charge in [-0.15, -0.1) is 0 Å². The van der Waals surface area contributed by atoms with E-state index in [1.807, 2.05) is 97.9 Å². The molecule has 0 amide bonds. The lowest BCUT2D eigenvalue weighted by Crippen LogP contribution is -2.00. The second-order valence-corrected chi connectivity index (χ2v) is 9.93. The van der Waals surface area contributed by atoms with Gasteiger partial charge < -0.3 is 14.9 Å². The van der Waals surface area contributed by atoms with E-state index in [1.54, 1.807) is 36.7 Å². The summed E-state index contributed by atoms with van der Waals surface area (Å²) in [4.78, 5) is 8.93. The van der Waals surface area contributed by atoms with Gasteiger partial charge in [-0.25, -0.2) is 0 Å². The van der Waals surface area contributed by atoms with Crippen LogP contribution in [-0.4, -0.2) is 20.2 Å². The maximum atomic E-state index is 11.1. The lowest BCUT2D eigenvalue weighted by molar-refractivity contribution is 0.306. The Labute approximate surface area is 249 Å². The minimum Gasteiger partial charge on any atom is -0.507 e. The lowest BCUT2D eigenvalue weighted by atomic mass is 9.96. The van der Waals surface area contributed by atoms with Gasteiger partial charge in [0.25, 0.3) is 0 Å². The summed E-state index contributed by atoms with van der Waals surface area (Å²) in [7, 11) is 0. The van der Waals surface area contributed by atoms with Gasteiger partial charge in [0.05, 0.1) is 22.8 Å². The number of benzene rings is 4. The largest absolute Gasteiger partial charge is 0.507 e. The normalized spacial score (nSPS) is 11.1. The van der Waals surface area contributed by atoms with Crippen molar-refractivity contribution in [3.63, 3.8) is 0 Å². The van der Waals surface area contributed by atoms with Gasteiger partial charge in [-0.1, -0.05) is 66.7 Å². The summed E-state index contributed by atoms with van der Waals surface area (Å²) >= 11 is 0. The Morgan fingerprint density at radius 1 is 0.674 bits per heavy atom. The molecule has 2 aromatic heterocycles. The lowest BCUT2D eigenvalue weighted by Gasteiger charge is -2.12. The highest BCUT2D eigenvalue weighted by molar-refractivity contribution is 5.85. The van der Waals surface area contributed by atoms with Crippen molar-refractivity contribution in [3.8, 4) is 50.9 Å². The molecule has 0 fully saturated rings. The first-order valence-electron chi connectivity index (χ1n) is 13.8. The van der Waals surface area contributed by atoms with E-state index in [-0.39, 0.29) is 11.5 Å². The highest BCUT2D eigenvalue weighted by atomic mass is 16.5. The second-order valence-electron chi connectivity index (χ2n) is 9.93. The minimum atomic E-state index is 0.0837. The SMILES string of the molecule is Cc1ccc(-c2cccc(-c3ccccc3O)c2O)cc1N=Nc1cccc(OCc2cccnc2-c2ccccn2)c1. The van der Waals surface area contributed by atoms with E-state index < -0.39 is 0 Å². The van der Waals surface area contributed by atoms with E-state index in [4.69, 9.17) is 4.74 Å². The summed E-state index contributed by atoms with van der Waals surface area (Å²) in [5.41, 5.74) is 7.29. The molecule has 0 bridgehead atoms. The average molecular weight is 565 g/mol. The zero-order valence-corrected chi connectivity index (χ0v) is 23.4. The van der Waals surface area contributed by atoms with E-state index in [2.05, 4.69) is 20.2 Å². The molecule has 6 rings (SSSR count). The molecular weight excluding hydrogens is 536 g/mol. The molecule has 0 spiro atoms. The Balaban J connectivity index is 1.22. The highest BCUT2D eigenvalue weighted by Gasteiger charge is 2.14. The number of phenolic OH excluding ortho intramolecular Hbond substituents is 2. The van der Waals surface area contributed by atoms with E-state index in [0.717, 1.165) is 28.1 Å². The first-order chi connectivity index (χ1) is 21.1. The topological polar surface area (TPSA) is 100 Å². The predicted molar refractivity (Wildman–Crippen MR) is 168 cm³/mol. The first kappa shape index (κ1) is 27.4.